The summed E-state index contributed by atoms with van der Waals surface area (Å²) in [5.74, 6) is 1.27. The van der Waals surface area contributed by atoms with Crippen LogP contribution in [0.4, 0.5) is 0 Å². The van der Waals surface area contributed by atoms with Crippen LogP contribution in [0.1, 0.15) is 62.2 Å². The molecule has 3 atom stereocenters. The van der Waals surface area contributed by atoms with Crippen LogP contribution in [0.2, 0.25) is 0 Å². The number of carbonyl (C=O) groups is 1. The largest absolute Gasteiger partial charge is 0.497 e. The molecule has 4 nitrogen and oxygen atoms in total. The van der Waals surface area contributed by atoms with Crippen molar-refractivity contribution in [3.05, 3.63) is 65.7 Å². The molecule has 4 heteroatoms. The quantitative estimate of drug-likeness (QED) is 0.605. The fraction of sp³-hybridized carbons (Fsp3) is 0.480. The van der Waals surface area contributed by atoms with Crippen LogP contribution in [-0.4, -0.2) is 37.6 Å². The minimum absolute atomic E-state index is 0.0698. The summed E-state index contributed by atoms with van der Waals surface area (Å²) >= 11 is 0. The normalized spacial score (nSPS) is 20.1. The van der Waals surface area contributed by atoms with Gasteiger partial charge < -0.3 is 14.4 Å². The summed E-state index contributed by atoms with van der Waals surface area (Å²) in [6, 6.07) is 18.3. The van der Waals surface area contributed by atoms with E-state index in [1.54, 1.807) is 14.2 Å². The second-order valence-electron chi connectivity index (χ2n) is 7.79. The molecule has 1 saturated carbocycles. The van der Waals surface area contributed by atoms with Crippen molar-refractivity contribution in [3.8, 4) is 5.75 Å². The molecule has 0 unspecified atom stereocenters. The molecule has 29 heavy (non-hydrogen) atoms. The van der Waals surface area contributed by atoms with Crippen molar-refractivity contribution in [1.29, 1.82) is 0 Å². The molecule has 2 aromatic carbocycles. The van der Waals surface area contributed by atoms with Gasteiger partial charge in [0.15, 0.2) is 6.10 Å². The summed E-state index contributed by atoms with van der Waals surface area (Å²) in [4.78, 5) is 15.7. The van der Waals surface area contributed by atoms with E-state index in [1.807, 2.05) is 42.5 Å². The third kappa shape index (κ3) is 4.99. The van der Waals surface area contributed by atoms with Crippen LogP contribution < -0.4 is 4.74 Å². The highest BCUT2D eigenvalue weighted by atomic mass is 16.5. The number of ether oxygens (including phenoxy) is 2. The Balaban J connectivity index is 1.91. The fourth-order valence-electron chi connectivity index (χ4n) is 4.58. The maximum absolute atomic E-state index is 13.6. The first-order valence-corrected chi connectivity index (χ1v) is 10.7. The minimum atomic E-state index is -0.560. The zero-order chi connectivity index (χ0) is 20.6. The van der Waals surface area contributed by atoms with E-state index < -0.39 is 6.10 Å². The lowest BCUT2D eigenvalue weighted by Gasteiger charge is -2.41. The zero-order valence-electron chi connectivity index (χ0n) is 17.8. The van der Waals surface area contributed by atoms with Gasteiger partial charge >= 0.3 is 0 Å². The third-order valence-electron chi connectivity index (χ3n) is 5.96. The molecule has 0 heterocycles. The smallest absolute Gasteiger partial charge is 0.256 e. The number of nitrogens with zero attached hydrogens (tertiary/aromatic N) is 1. The average Bonchev–Trinajstić information content (AvgIpc) is 2.78. The summed E-state index contributed by atoms with van der Waals surface area (Å²) in [5.41, 5.74) is 2.17. The number of carbonyl (C=O) groups excluding carboxylic acids is 1. The molecule has 1 aliphatic rings. The van der Waals surface area contributed by atoms with Gasteiger partial charge in [0.1, 0.15) is 5.75 Å². The van der Waals surface area contributed by atoms with Crippen molar-refractivity contribution in [3.63, 3.8) is 0 Å². The van der Waals surface area contributed by atoms with Gasteiger partial charge in [-0.3, -0.25) is 4.79 Å². The lowest BCUT2D eigenvalue weighted by molar-refractivity contribution is -0.146. The molecule has 156 valence electrons. The predicted molar refractivity (Wildman–Crippen MR) is 116 cm³/mol. The summed E-state index contributed by atoms with van der Waals surface area (Å²) in [6.45, 7) is 2.88. The minimum Gasteiger partial charge on any atom is -0.497 e. The first-order chi connectivity index (χ1) is 14.2. The van der Waals surface area contributed by atoms with E-state index >= 15 is 0 Å². The molecule has 1 amide bonds. The van der Waals surface area contributed by atoms with Crippen molar-refractivity contribution in [2.75, 3.05) is 20.8 Å². The number of hydrogen-bond donors (Lipinski definition) is 0. The highest BCUT2D eigenvalue weighted by Crippen LogP contribution is 2.38. The lowest BCUT2D eigenvalue weighted by Crippen LogP contribution is -2.47. The third-order valence-corrected chi connectivity index (χ3v) is 5.96. The summed E-state index contributed by atoms with van der Waals surface area (Å²) in [5, 5.41) is 0. The molecular weight excluding hydrogens is 362 g/mol. The van der Waals surface area contributed by atoms with Gasteiger partial charge in [0, 0.05) is 25.6 Å². The predicted octanol–water partition coefficient (Wildman–Crippen LogP) is 5.35. The Kier molecular flexibility index (Phi) is 7.70. The van der Waals surface area contributed by atoms with Gasteiger partial charge in [-0.15, -0.1) is 0 Å². The maximum atomic E-state index is 13.6. The van der Waals surface area contributed by atoms with Crippen LogP contribution in [0, 0.1) is 0 Å². The molecule has 0 saturated heterocycles. The Morgan fingerprint density at radius 2 is 1.83 bits per heavy atom. The van der Waals surface area contributed by atoms with E-state index in [-0.39, 0.29) is 11.9 Å². The van der Waals surface area contributed by atoms with E-state index in [1.165, 1.54) is 12.0 Å². The Bertz CT molecular complexity index is 777. The molecule has 0 aromatic heterocycles. The van der Waals surface area contributed by atoms with E-state index in [0.29, 0.717) is 5.92 Å². The Hall–Kier alpha value is -2.33. The Labute approximate surface area is 174 Å². The zero-order valence-corrected chi connectivity index (χ0v) is 17.8. The van der Waals surface area contributed by atoms with E-state index in [4.69, 9.17) is 9.47 Å². The number of methoxy groups -OCH3 is 2. The van der Waals surface area contributed by atoms with Gasteiger partial charge in [0.05, 0.1) is 7.11 Å². The lowest BCUT2D eigenvalue weighted by atomic mass is 9.78. The van der Waals surface area contributed by atoms with Gasteiger partial charge in [-0.2, -0.15) is 0 Å². The standard InChI is InChI=1S/C25H33NO3/c1-4-17-26(25(27)24(29-3)19-11-6-5-7-12-19)23-16-9-8-15-22(23)20-13-10-14-21(18-20)28-2/h5-7,10-14,18,22-24H,4,8-9,15-17H2,1-3H3/t22-,23-,24+/m0/s1. The van der Waals surface area contributed by atoms with Gasteiger partial charge in [-0.1, -0.05) is 62.2 Å². The topological polar surface area (TPSA) is 38.8 Å². The maximum Gasteiger partial charge on any atom is 0.256 e. The van der Waals surface area contributed by atoms with Crippen molar-refractivity contribution in [1.82, 2.24) is 4.90 Å². The molecule has 1 aliphatic carbocycles. The molecule has 3 rings (SSSR count). The monoisotopic (exact) mass is 395 g/mol. The number of rotatable bonds is 8. The fourth-order valence-corrected chi connectivity index (χ4v) is 4.58. The van der Waals surface area contributed by atoms with Crippen LogP contribution in [0.3, 0.4) is 0 Å². The molecule has 0 N–H and O–H groups in total. The van der Waals surface area contributed by atoms with E-state index in [0.717, 1.165) is 43.5 Å². The summed E-state index contributed by atoms with van der Waals surface area (Å²) in [6.07, 6.45) is 4.84. The van der Waals surface area contributed by atoms with Crippen LogP contribution in [0.15, 0.2) is 54.6 Å². The molecule has 0 aliphatic heterocycles. The van der Waals surface area contributed by atoms with E-state index in [2.05, 4.69) is 24.0 Å². The van der Waals surface area contributed by atoms with Gasteiger partial charge in [0.2, 0.25) is 0 Å². The van der Waals surface area contributed by atoms with Crippen molar-refractivity contribution in [2.45, 2.75) is 57.1 Å². The Morgan fingerprint density at radius 1 is 1.07 bits per heavy atom. The van der Waals surface area contributed by atoms with Gasteiger partial charge in [-0.25, -0.2) is 0 Å². The van der Waals surface area contributed by atoms with E-state index in [9.17, 15) is 4.79 Å². The SMILES string of the molecule is CCCN(C(=O)[C@H](OC)c1ccccc1)[C@H]1CCCC[C@H]1c1cccc(OC)c1. The number of amides is 1. The van der Waals surface area contributed by atoms with Crippen LogP contribution in [0.25, 0.3) is 0 Å². The number of hydrogen-bond acceptors (Lipinski definition) is 3. The van der Waals surface area contributed by atoms with Crippen molar-refractivity contribution in [2.24, 2.45) is 0 Å². The molecule has 2 aromatic rings. The molecule has 0 radical (unpaired) electrons. The van der Waals surface area contributed by atoms with Crippen LogP contribution in [-0.2, 0) is 9.53 Å². The summed E-state index contributed by atoms with van der Waals surface area (Å²) < 4.78 is 11.1. The van der Waals surface area contributed by atoms with Crippen molar-refractivity contribution < 1.29 is 14.3 Å². The molecular formula is C25H33NO3. The second-order valence-corrected chi connectivity index (χ2v) is 7.79. The first-order valence-electron chi connectivity index (χ1n) is 10.7. The van der Waals surface area contributed by atoms with Crippen LogP contribution >= 0.6 is 0 Å². The van der Waals surface area contributed by atoms with Gasteiger partial charge in [0.25, 0.3) is 5.91 Å². The first kappa shape index (κ1) is 21.4. The molecule has 0 bridgehead atoms. The second kappa shape index (κ2) is 10.4. The average molecular weight is 396 g/mol. The van der Waals surface area contributed by atoms with Gasteiger partial charge in [-0.05, 0) is 42.5 Å². The molecule has 1 fully saturated rings. The number of benzene rings is 2. The van der Waals surface area contributed by atoms with Crippen molar-refractivity contribution >= 4 is 5.91 Å². The Morgan fingerprint density at radius 3 is 2.52 bits per heavy atom. The summed E-state index contributed by atoms with van der Waals surface area (Å²) in [7, 11) is 3.33. The highest BCUT2D eigenvalue weighted by molar-refractivity contribution is 5.82. The molecule has 0 spiro atoms. The highest BCUT2D eigenvalue weighted by Gasteiger charge is 2.36. The van der Waals surface area contributed by atoms with Crippen LogP contribution in [0.5, 0.6) is 5.75 Å².